The minimum absolute atomic E-state index is 0.0719. The SMILES string of the molecule is CC(=O)c1ccc(OC(C)C)c(NC(=O)C(F)(F)F)c1. The molecule has 0 heterocycles. The van der Waals surface area contributed by atoms with Crippen LogP contribution in [-0.4, -0.2) is 24.0 Å². The normalized spacial score (nSPS) is 11.3. The molecule has 0 unspecified atom stereocenters. The molecule has 1 rings (SSSR count). The first kappa shape index (κ1) is 16.0. The van der Waals surface area contributed by atoms with E-state index in [0.29, 0.717) is 0 Å². The van der Waals surface area contributed by atoms with E-state index in [1.54, 1.807) is 19.2 Å². The van der Waals surface area contributed by atoms with Crippen LogP contribution in [0.4, 0.5) is 18.9 Å². The van der Waals surface area contributed by atoms with Crippen molar-refractivity contribution in [3.8, 4) is 5.75 Å². The van der Waals surface area contributed by atoms with Crippen molar-refractivity contribution >= 4 is 17.4 Å². The lowest BCUT2D eigenvalue weighted by Gasteiger charge is -2.16. The Morgan fingerprint density at radius 3 is 2.30 bits per heavy atom. The van der Waals surface area contributed by atoms with Crippen LogP contribution in [0.3, 0.4) is 0 Å². The number of benzene rings is 1. The number of ether oxygens (including phenoxy) is 1. The highest BCUT2D eigenvalue weighted by Gasteiger charge is 2.39. The number of hydrogen-bond donors (Lipinski definition) is 1. The first-order chi connectivity index (χ1) is 9.11. The van der Waals surface area contributed by atoms with E-state index in [1.807, 2.05) is 0 Å². The van der Waals surface area contributed by atoms with Gasteiger partial charge >= 0.3 is 12.1 Å². The molecule has 0 aliphatic heterocycles. The number of amides is 1. The molecule has 0 atom stereocenters. The topological polar surface area (TPSA) is 55.4 Å². The van der Waals surface area contributed by atoms with E-state index in [2.05, 4.69) is 0 Å². The number of ketones is 1. The van der Waals surface area contributed by atoms with Gasteiger partial charge in [-0.05, 0) is 39.0 Å². The Bertz CT molecular complexity index is 524. The summed E-state index contributed by atoms with van der Waals surface area (Å²) in [5.41, 5.74) is -0.00712. The molecule has 7 heteroatoms. The van der Waals surface area contributed by atoms with Gasteiger partial charge in [-0.2, -0.15) is 13.2 Å². The average molecular weight is 289 g/mol. The lowest BCUT2D eigenvalue weighted by atomic mass is 10.1. The summed E-state index contributed by atoms with van der Waals surface area (Å²) < 4.78 is 42.1. The molecule has 0 saturated carbocycles. The largest absolute Gasteiger partial charge is 0.489 e. The van der Waals surface area contributed by atoms with Crippen LogP contribution in [0.25, 0.3) is 0 Å². The molecule has 1 aromatic carbocycles. The second-order valence-corrected chi connectivity index (χ2v) is 4.39. The standard InChI is InChI=1S/C13H14F3NO3/c1-7(2)20-11-5-4-9(8(3)18)6-10(11)17-12(19)13(14,15)16/h4-7H,1-3H3,(H,17,19). The molecule has 110 valence electrons. The predicted molar refractivity (Wildman–Crippen MR) is 66.9 cm³/mol. The number of carbonyl (C=O) groups excluding carboxylic acids is 2. The van der Waals surface area contributed by atoms with E-state index in [9.17, 15) is 22.8 Å². The third kappa shape index (κ3) is 4.25. The van der Waals surface area contributed by atoms with Crippen LogP contribution >= 0.6 is 0 Å². The maximum Gasteiger partial charge on any atom is 0.471 e. The Hall–Kier alpha value is -2.05. The maximum atomic E-state index is 12.3. The maximum absolute atomic E-state index is 12.3. The molecule has 20 heavy (non-hydrogen) atoms. The summed E-state index contributed by atoms with van der Waals surface area (Å²) in [6.07, 6.45) is -5.30. The molecule has 0 aliphatic rings. The summed E-state index contributed by atoms with van der Waals surface area (Å²) in [7, 11) is 0. The van der Waals surface area contributed by atoms with Gasteiger partial charge in [0.15, 0.2) is 5.78 Å². The zero-order valence-corrected chi connectivity index (χ0v) is 11.2. The van der Waals surface area contributed by atoms with E-state index in [-0.39, 0.29) is 28.9 Å². The molecule has 0 aliphatic carbocycles. The average Bonchev–Trinajstić information content (AvgIpc) is 2.29. The van der Waals surface area contributed by atoms with Gasteiger partial charge in [-0.25, -0.2) is 0 Å². The summed E-state index contributed by atoms with van der Waals surface area (Å²) >= 11 is 0. The van der Waals surface area contributed by atoms with Gasteiger partial charge in [0.25, 0.3) is 0 Å². The molecule has 4 nitrogen and oxygen atoms in total. The van der Waals surface area contributed by atoms with Crippen molar-refractivity contribution in [2.24, 2.45) is 0 Å². The molecular weight excluding hydrogens is 275 g/mol. The molecule has 1 amide bonds. The first-order valence-corrected chi connectivity index (χ1v) is 5.81. The number of rotatable bonds is 4. The Morgan fingerprint density at radius 1 is 1.25 bits per heavy atom. The number of hydrogen-bond acceptors (Lipinski definition) is 3. The summed E-state index contributed by atoms with van der Waals surface area (Å²) in [5, 5.41) is 1.71. The van der Waals surface area contributed by atoms with Gasteiger partial charge in [-0.15, -0.1) is 0 Å². The molecule has 0 bridgehead atoms. The summed E-state index contributed by atoms with van der Waals surface area (Å²) in [4.78, 5) is 22.2. The fourth-order valence-corrected chi connectivity index (χ4v) is 1.40. The van der Waals surface area contributed by atoms with Gasteiger partial charge in [-0.1, -0.05) is 0 Å². The Labute approximate surface area is 113 Å². The molecule has 0 fully saturated rings. The van der Waals surface area contributed by atoms with Crippen molar-refractivity contribution in [3.63, 3.8) is 0 Å². The summed E-state index contributed by atoms with van der Waals surface area (Å²) in [5.74, 6) is -2.38. The smallest absolute Gasteiger partial charge is 0.471 e. The van der Waals surface area contributed by atoms with E-state index < -0.39 is 12.1 Å². The van der Waals surface area contributed by atoms with Crippen molar-refractivity contribution in [2.75, 3.05) is 5.32 Å². The monoisotopic (exact) mass is 289 g/mol. The number of halogens is 3. The van der Waals surface area contributed by atoms with Gasteiger partial charge in [-0.3, -0.25) is 9.59 Å². The van der Waals surface area contributed by atoms with E-state index in [1.165, 1.54) is 19.1 Å². The van der Waals surface area contributed by atoms with Crippen molar-refractivity contribution in [3.05, 3.63) is 23.8 Å². The molecule has 1 N–H and O–H groups in total. The zero-order valence-electron chi connectivity index (χ0n) is 11.2. The first-order valence-electron chi connectivity index (χ1n) is 5.81. The minimum Gasteiger partial charge on any atom is -0.489 e. The molecule has 0 spiro atoms. The van der Waals surface area contributed by atoms with Gasteiger partial charge in [0.05, 0.1) is 11.8 Å². The lowest BCUT2D eigenvalue weighted by molar-refractivity contribution is -0.167. The van der Waals surface area contributed by atoms with E-state index in [0.717, 1.165) is 6.07 Å². The zero-order chi connectivity index (χ0) is 15.5. The number of nitrogens with one attached hydrogen (secondary N) is 1. The van der Waals surface area contributed by atoms with Gasteiger partial charge in [0.1, 0.15) is 5.75 Å². The third-order valence-corrected chi connectivity index (χ3v) is 2.25. The van der Waals surface area contributed by atoms with Crippen molar-refractivity contribution in [1.82, 2.24) is 0 Å². The predicted octanol–water partition coefficient (Wildman–Crippen LogP) is 3.18. The van der Waals surface area contributed by atoms with Crippen LogP contribution in [0, 0.1) is 0 Å². The number of alkyl halides is 3. The fourth-order valence-electron chi connectivity index (χ4n) is 1.40. The number of anilines is 1. The molecule has 0 saturated heterocycles. The van der Waals surface area contributed by atoms with Crippen LogP contribution in [-0.2, 0) is 4.79 Å². The lowest BCUT2D eigenvalue weighted by Crippen LogP contribution is -2.30. The highest BCUT2D eigenvalue weighted by atomic mass is 19.4. The van der Waals surface area contributed by atoms with Crippen molar-refractivity contribution in [2.45, 2.75) is 33.1 Å². The summed E-state index contributed by atoms with van der Waals surface area (Å²) in [6, 6.07) is 3.93. The molecule has 0 radical (unpaired) electrons. The van der Waals surface area contributed by atoms with Gasteiger partial charge in [0, 0.05) is 5.56 Å². The number of Topliss-reactive ketones (excluding diaryl/α,β-unsaturated/α-hetero) is 1. The fraction of sp³-hybridized carbons (Fsp3) is 0.385. The second kappa shape index (κ2) is 5.94. The number of carbonyl (C=O) groups is 2. The van der Waals surface area contributed by atoms with Crippen LogP contribution in [0.1, 0.15) is 31.1 Å². The molecule has 1 aromatic rings. The highest BCUT2D eigenvalue weighted by Crippen LogP contribution is 2.29. The Morgan fingerprint density at radius 2 is 1.85 bits per heavy atom. The van der Waals surface area contributed by atoms with Gasteiger partial charge < -0.3 is 10.1 Å². The van der Waals surface area contributed by atoms with Crippen LogP contribution in [0.2, 0.25) is 0 Å². The Balaban J connectivity index is 3.14. The second-order valence-electron chi connectivity index (χ2n) is 4.39. The van der Waals surface area contributed by atoms with E-state index in [4.69, 9.17) is 4.74 Å². The van der Waals surface area contributed by atoms with Crippen LogP contribution in [0.15, 0.2) is 18.2 Å². The minimum atomic E-state index is -5.01. The van der Waals surface area contributed by atoms with Crippen LogP contribution < -0.4 is 10.1 Å². The van der Waals surface area contributed by atoms with Crippen LogP contribution in [0.5, 0.6) is 5.75 Å². The highest BCUT2D eigenvalue weighted by molar-refractivity contribution is 5.99. The quantitative estimate of drug-likeness (QED) is 0.866. The van der Waals surface area contributed by atoms with Crippen molar-refractivity contribution in [1.29, 1.82) is 0 Å². The Kier molecular flexibility index (Phi) is 4.75. The van der Waals surface area contributed by atoms with Crippen molar-refractivity contribution < 1.29 is 27.5 Å². The van der Waals surface area contributed by atoms with Gasteiger partial charge in [0.2, 0.25) is 0 Å². The van der Waals surface area contributed by atoms with E-state index >= 15 is 0 Å². The third-order valence-electron chi connectivity index (χ3n) is 2.25. The molecular formula is C13H14F3NO3. The molecule has 0 aromatic heterocycles. The summed E-state index contributed by atoms with van der Waals surface area (Å²) in [6.45, 7) is 4.65.